The number of carbonyl (C=O) groups is 1. The summed E-state index contributed by atoms with van der Waals surface area (Å²) in [5.41, 5.74) is 1.57. The zero-order valence-corrected chi connectivity index (χ0v) is 14.0. The predicted octanol–water partition coefficient (Wildman–Crippen LogP) is 2.83. The molecule has 22 heavy (non-hydrogen) atoms. The van der Waals surface area contributed by atoms with E-state index in [1.54, 1.807) is 0 Å². The van der Waals surface area contributed by atoms with Gasteiger partial charge >= 0.3 is 0 Å². The zero-order chi connectivity index (χ0) is 16.1. The molecule has 124 valence electrons. The number of carbonyl (C=O) groups excluding carboxylic acids is 1. The lowest BCUT2D eigenvalue weighted by atomic mass is 9.86. The van der Waals surface area contributed by atoms with Gasteiger partial charge in [0.1, 0.15) is 5.69 Å². The van der Waals surface area contributed by atoms with E-state index in [4.69, 9.17) is 0 Å². The summed E-state index contributed by atoms with van der Waals surface area (Å²) in [5, 5.41) is 16.9. The van der Waals surface area contributed by atoms with E-state index in [0.29, 0.717) is 11.6 Å². The van der Waals surface area contributed by atoms with Gasteiger partial charge in [-0.25, -0.2) is 0 Å². The lowest BCUT2D eigenvalue weighted by Crippen LogP contribution is -2.39. The van der Waals surface area contributed by atoms with E-state index in [2.05, 4.69) is 24.3 Å². The number of aryl methyl sites for hydroxylation is 1. The van der Waals surface area contributed by atoms with Gasteiger partial charge in [-0.1, -0.05) is 13.8 Å². The first-order valence-electron chi connectivity index (χ1n) is 8.56. The molecule has 0 atom stereocenters. The van der Waals surface area contributed by atoms with Crippen molar-refractivity contribution in [2.45, 2.75) is 71.4 Å². The third-order valence-electron chi connectivity index (χ3n) is 4.82. The molecular formula is C17H29N3O2. The maximum Gasteiger partial charge on any atom is 0.269 e. The van der Waals surface area contributed by atoms with Crippen LogP contribution in [0.25, 0.3) is 0 Å². The van der Waals surface area contributed by atoms with E-state index < -0.39 is 0 Å². The highest BCUT2D eigenvalue weighted by Crippen LogP contribution is 2.24. The Morgan fingerprint density at radius 2 is 2.00 bits per heavy atom. The van der Waals surface area contributed by atoms with Crippen molar-refractivity contribution in [2.24, 2.45) is 5.92 Å². The van der Waals surface area contributed by atoms with Crippen LogP contribution in [-0.2, 0) is 0 Å². The van der Waals surface area contributed by atoms with Gasteiger partial charge in [0, 0.05) is 12.6 Å². The van der Waals surface area contributed by atoms with Crippen LogP contribution in [0.15, 0.2) is 6.07 Å². The third-order valence-corrected chi connectivity index (χ3v) is 4.82. The van der Waals surface area contributed by atoms with Gasteiger partial charge in [-0.15, -0.1) is 0 Å². The molecule has 2 N–H and O–H groups in total. The minimum atomic E-state index is -0.0139. The lowest BCUT2D eigenvalue weighted by Gasteiger charge is -2.28. The van der Waals surface area contributed by atoms with E-state index in [-0.39, 0.29) is 24.6 Å². The molecule has 0 saturated heterocycles. The first kappa shape index (κ1) is 17.0. The second kappa shape index (κ2) is 7.77. The number of hydrogen-bond acceptors (Lipinski definition) is 3. The van der Waals surface area contributed by atoms with Crippen molar-refractivity contribution in [3.05, 3.63) is 17.5 Å². The van der Waals surface area contributed by atoms with Gasteiger partial charge < -0.3 is 10.4 Å². The van der Waals surface area contributed by atoms with Crippen LogP contribution in [0.1, 0.15) is 74.6 Å². The Hall–Kier alpha value is -1.36. The highest BCUT2D eigenvalue weighted by Gasteiger charge is 2.24. The number of aromatic nitrogens is 2. The van der Waals surface area contributed by atoms with Gasteiger partial charge in [-0.05, 0) is 57.4 Å². The number of aliphatic hydroxyl groups is 1. The quantitative estimate of drug-likeness (QED) is 0.849. The van der Waals surface area contributed by atoms with Crippen LogP contribution in [0.3, 0.4) is 0 Å². The van der Waals surface area contributed by atoms with Crippen molar-refractivity contribution in [1.29, 1.82) is 0 Å². The maximum absolute atomic E-state index is 12.6. The summed E-state index contributed by atoms with van der Waals surface area (Å²) in [6, 6.07) is 2.38. The van der Waals surface area contributed by atoms with Crippen LogP contribution in [-0.4, -0.2) is 33.4 Å². The van der Waals surface area contributed by atoms with E-state index in [1.807, 2.05) is 17.7 Å². The molecule has 1 heterocycles. The summed E-state index contributed by atoms with van der Waals surface area (Å²) in [4.78, 5) is 12.6. The smallest absolute Gasteiger partial charge is 0.269 e. The van der Waals surface area contributed by atoms with Crippen molar-refractivity contribution in [3.8, 4) is 0 Å². The molecule has 0 aliphatic heterocycles. The molecule has 1 fully saturated rings. The van der Waals surface area contributed by atoms with Crippen molar-refractivity contribution in [3.63, 3.8) is 0 Å². The fourth-order valence-electron chi connectivity index (χ4n) is 3.35. The van der Waals surface area contributed by atoms with Gasteiger partial charge in [0.05, 0.1) is 11.7 Å². The number of nitrogens with one attached hydrogen (secondary N) is 1. The Bertz CT molecular complexity index is 486. The number of aliphatic hydroxyl groups excluding tert-OH is 1. The van der Waals surface area contributed by atoms with Crippen molar-refractivity contribution in [1.82, 2.24) is 15.1 Å². The molecule has 0 spiro atoms. The van der Waals surface area contributed by atoms with Gasteiger partial charge in [-0.3, -0.25) is 9.48 Å². The Kier molecular flexibility index (Phi) is 6.00. The molecule has 1 saturated carbocycles. The summed E-state index contributed by atoms with van der Waals surface area (Å²) in [7, 11) is 0. The molecular weight excluding hydrogens is 278 g/mol. The summed E-state index contributed by atoms with van der Waals surface area (Å²) in [6.07, 6.45) is 5.84. The number of amides is 1. The minimum absolute atomic E-state index is 0.0139. The van der Waals surface area contributed by atoms with Crippen LogP contribution in [0.4, 0.5) is 0 Å². The van der Waals surface area contributed by atoms with E-state index in [1.165, 1.54) is 0 Å². The lowest BCUT2D eigenvalue weighted by molar-refractivity contribution is 0.0900. The molecule has 0 radical (unpaired) electrons. The molecule has 5 heteroatoms. The van der Waals surface area contributed by atoms with Crippen LogP contribution < -0.4 is 5.32 Å². The monoisotopic (exact) mass is 307 g/mol. The Morgan fingerprint density at radius 3 is 2.55 bits per heavy atom. The Labute approximate surface area is 133 Å². The standard InChI is InChI=1S/C17H29N3O2/c1-4-15(5-2)20-16(10-12(3)19-20)17(22)18-14-8-6-13(11-21)7-9-14/h10,13-15,21H,4-9,11H2,1-3H3,(H,18,22). The fourth-order valence-corrected chi connectivity index (χ4v) is 3.35. The third kappa shape index (κ3) is 3.88. The van der Waals surface area contributed by atoms with Crippen LogP contribution in [0.5, 0.6) is 0 Å². The molecule has 0 aromatic carbocycles. The average Bonchev–Trinajstić information content (AvgIpc) is 2.91. The SMILES string of the molecule is CCC(CC)n1nc(C)cc1C(=O)NC1CCC(CO)CC1. The number of nitrogens with zero attached hydrogens (tertiary/aromatic N) is 2. The van der Waals surface area contributed by atoms with E-state index in [0.717, 1.165) is 44.2 Å². The van der Waals surface area contributed by atoms with Crippen LogP contribution in [0, 0.1) is 12.8 Å². The van der Waals surface area contributed by atoms with Crippen LogP contribution in [0.2, 0.25) is 0 Å². The van der Waals surface area contributed by atoms with Gasteiger partial charge in [0.2, 0.25) is 0 Å². The van der Waals surface area contributed by atoms with E-state index >= 15 is 0 Å². The predicted molar refractivity (Wildman–Crippen MR) is 86.9 cm³/mol. The van der Waals surface area contributed by atoms with E-state index in [9.17, 15) is 9.90 Å². The van der Waals surface area contributed by atoms with Gasteiger partial charge in [0.15, 0.2) is 0 Å². The van der Waals surface area contributed by atoms with Crippen molar-refractivity contribution < 1.29 is 9.90 Å². The second-order valence-electron chi connectivity index (χ2n) is 6.46. The summed E-state index contributed by atoms with van der Waals surface area (Å²) in [6.45, 7) is 6.45. The summed E-state index contributed by atoms with van der Waals surface area (Å²) < 4.78 is 1.89. The Balaban J connectivity index is 2.04. The molecule has 1 aliphatic carbocycles. The largest absolute Gasteiger partial charge is 0.396 e. The fraction of sp³-hybridized carbons (Fsp3) is 0.765. The zero-order valence-electron chi connectivity index (χ0n) is 14.0. The van der Waals surface area contributed by atoms with Gasteiger partial charge in [0.25, 0.3) is 5.91 Å². The topological polar surface area (TPSA) is 67.2 Å². The number of hydrogen-bond donors (Lipinski definition) is 2. The first-order chi connectivity index (χ1) is 10.6. The molecule has 1 aromatic rings. The van der Waals surface area contributed by atoms with Gasteiger partial charge in [-0.2, -0.15) is 5.10 Å². The highest BCUT2D eigenvalue weighted by atomic mass is 16.3. The Morgan fingerprint density at radius 1 is 1.36 bits per heavy atom. The van der Waals surface area contributed by atoms with Crippen LogP contribution >= 0.6 is 0 Å². The summed E-state index contributed by atoms with van der Waals surface area (Å²) in [5.74, 6) is 0.394. The molecule has 1 aliphatic rings. The highest BCUT2D eigenvalue weighted by molar-refractivity contribution is 5.93. The van der Waals surface area contributed by atoms with Crippen molar-refractivity contribution in [2.75, 3.05) is 6.61 Å². The first-order valence-corrected chi connectivity index (χ1v) is 8.56. The molecule has 2 rings (SSSR count). The second-order valence-corrected chi connectivity index (χ2v) is 6.46. The molecule has 1 amide bonds. The number of rotatable bonds is 6. The van der Waals surface area contributed by atoms with Crippen molar-refractivity contribution >= 4 is 5.91 Å². The maximum atomic E-state index is 12.6. The molecule has 0 unspecified atom stereocenters. The normalized spacial score (nSPS) is 22.0. The molecule has 0 bridgehead atoms. The average molecular weight is 307 g/mol. The molecule has 1 aromatic heterocycles. The minimum Gasteiger partial charge on any atom is -0.396 e. The summed E-state index contributed by atoms with van der Waals surface area (Å²) >= 11 is 0. The molecule has 5 nitrogen and oxygen atoms in total.